The van der Waals surface area contributed by atoms with E-state index < -0.39 is 0 Å². The van der Waals surface area contributed by atoms with Crippen molar-refractivity contribution in [2.24, 2.45) is 0 Å². The minimum absolute atomic E-state index is 0.162. The molecule has 2 heterocycles. The van der Waals surface area contributed by atoms with Crippen LogP contribution in [0, 0.1) is 0 Å². The van der Waals surface area contributed by atoms with Gasteiger partial charge in [-0.05, 0) is 30.5 Å². The Kier molecular flexibility index (Phi) is 3.37. The van der Waals surface area contributed by atoms with E-state index in [9.17, 15) is 4.79 Å². The van der Waals surface area contributed by atoms with E-state index in [4.69, 9.17) is 14.2 Å². The number of nitrogens with one attached hydrogen (secondary N) is 1. The standard InChI is InChI=1S/C17H22N2O4/c1-19-15(18-17(16(19)20)5-3-4-6-17)11-9-12(21-2)14-13(10-11)22-7-8-23-14/h9-10,15,18H,3-8H2,1-2H3/t15-/m1/s1. The molecule has 3 aliphatic rings. The number of benzene rings is 1. The molecule has 0 aromatic heterocycles. The summed E-state index contributed by atoms with van der Waals surface area (Å²) in [7, 11) is 3.48. The van der Waals surface area contributed by atoms with Gasteiger partial charge in [-0.1, -0.05) is 12.8 Å². The Morgan fingerprint density at radius 3 is 2.74 bits per heavy atom. The summed E-state index contributed by atoms with van der Waals surface area (Å²) in [4.78, 5) is 14.5. The molecule has 1 aromatic carbocycles. The number of carbonyl (C=O) groups is 1. The first kappa shape index (κ1) is 14.6. The lowest BCUT2D eigenvalue weighted by Gasteiger charge is -2.25. The summed E-state index contributed by atoms with van der Waals surface area (Å²) < 4.78 is 16.8. The molecule has 1 atom stereocenters. The molecule has 1 saturated heterocycles. The number of hydrogen-bond acceptors (Lipinski definition) is 5. The molecule has 4 rings (SSSR count). The third-order valence-electron chi connectivity index (χ3n) is 5.15. The van der Waals surface area contributed by atoms with Crippen LogP contribution in [0.4, 0.5) is 0 Å². The summed E-state index contributed by atoms with van der Waals surface area (Å²) >= 11 is 0. The second kappa shape index (κ2) is 5.30. The molecule has 1 spiro atoms. The van der Waals surface area contributed by atoms with Crippen LogP contribution in [0.25, 0.3) is 0 Å². The highest BCUT2D eigenvalue weighted by molar-refractivity contribution is 5.89. The number of amides is 1. The van der Waals surface area contributed by atoms with Crippen molar-refractivity contribution in [3.63, 3.8) is 0 Å². The summed E-state index contributed by atoms with van der Waals surface area (Å²) in [5.74, 6) is 2.16. The van der Waals surface area contributed by atoms with Gasteiger partial charge in [0.05, 0.1) is 12.6 Å². The molecular weight excluding hydrogens is 296 g/mol. The Morgan fingerprint density at radius 2 is 2.00 bits per heavy atom. The van der Waals surface area contributed by atoms with E-state index in [1.165, 1.54) is 0 Å². The van der Waals surface area contributed by atoms with E-state index >= 15 is 0 Å². The highest BCUT2D eigenvalue weighted by Crippen LogP contribution is 2.45. The number of methoxy groups -OCH3 is 1. The van der Waals surface area contributed by atoms with Crippen LogP contribution in [0.2, 0.25) is 0 Å². The monoisotopic (exact) mass is 318 g/mol. The van der Waals surface area contributed by atoms with E-state index in [2.05, 4.69) is 5.32 Å². The van der Waals surface area contributed by atoms with Crippen LogP contribution in [0.15, 0.2) is 12.1 Å². The minimum atomic E-state index is -0.389. The summed E-state index contributed by atoms with van der Waals surface area (Å²) in [5.41, 5.74) is 0.575. The maximum absolute atomic E-state index is 12.7. The number of hydrogen-bond donors (Lipinski definition) is 1. The first-order valence-corrected chi connectivity index (χ1v) is 8.17. The molecular formula is C17H22N2O4. The Morgan fingerprint density at radius 1 is 1.26 bits per heavy atom. The van der Waals surface area contributed by atoms with Gasteiger partial charge in [0, 0.05) is 7.05 Å². The highest BCUT2D eigenvalue weighted by atomic mass is 16.6. The lowest BCUT2D eigenvalue weighted by atomic mass is 9.98. The summed E-state index contributed by atoms with van der Waals surface area (Å²) in [5, 5.41) is 3.56. The SMILES string of the molecule is COc1cc([C@@H]2NC3(CCCC3)C(=O)N2C)cc2c1OCCO2. The van der Waals surface area contributed by atoms with Gasteiger partial charge in [0.15, 0.2) is 11.5 Å². The predicted octanol–water partition coefficient (Wildman–Crippen LogP) is 1.84. The molecule has 0 bridgehead atoms. The number of likely N-dealkylation sites (N-methyl/N-ethyl adjacent to an activating group) is 1. The molecule has 1 amide bonds. The second-order valence-corrected chi connectivity index (χ2v) is 6.50. The van der Waals surface area contributed by atoms with E-state index in [-0.39, 0.29) is 17.6 Å². The fourth-order valence-electron chi connectivity index (χ4n) is 3.97. The molecule has 124 valence electrons. The van der Waals surface area contributed by atoms with Crippen LogP contribution in [0.3, 0.4) is 0 Å². The van der Waals surface area contributed by atoms with Crippen molar-refractivity contribution in [1.82, 2.24) is 10.2 Å². The van der Waals surface area contributed by atoms with E-state index in [0.717, 1.165) is 31.2 Å². The second-order valence-electron chi connectivity index (χ2n) is 6.50. The number of rotatable bonds is 2. The van der Waals surface area contributed by atoms with Crippen molar-refractivity contribution in [2.45, 2.75) is 37.4 Å². The number of fused-ring (bicyclic) bond motifs is 1. The first-order valence-electron chi connectivity index (χ1n) is 8.17. The summed E-state index contributed by atoms with van der Waals surface area (Å²) in [6, 6.07) is 3.88. The molecule has 0 unspecified atom stereocenters. The van der Waals surface area contributed by atoms with Crippen LogP contribution in [-0.2, 0) is 4.79 Å². The molecule has 2 aliphatic heterocycles. The zero-order valence-electron chi connectivity index (χ0n) is 13.6. The summed E-state index contributed by atoms with van der Waals surface area (Å²) in [6.45, 7) is 1.04. The van der Waals surface area contributed by atoms with Gasteiger partial charge in [-0.15, -0.1) is 0 Å². The van der Waals surface area contributed by atoms with Crippen molar-refractivity contribution < 1.29 is 19.0 Å². The van der Waals surface area contributed by atoms with Gasteiger partial charge in [0.25, 0.3) is 0 Å². The molecule has 2 fully saturated rings. The maximum Gasteiger partial charge on any atom is 0.244 e. The average Bonchev–Trinajstić information content (AvgIpc) is 3.15. The minimum Gasteiger partial charge on any atom is -0.493 e. The largest absolute Gasteiger partial charge is 0.493 e. The van der Waals surface area contributed by atoms with Gasteiger partial charge < -0.3 is 19.1 Å². The van der Waals surface area contributed by atoms with Crippen molar-refractivity contribution in [3.05, 3.63) is 17.7 Å². The van der Waals surface area contributed by atoms with Crippen molar-refractivity contribution >= 4 is 5.91 Å². The number of nitrogens with zero attached hydrogens (tertiary/aromatic N) is 1. The lowest BCUT2D eigenvalue weighted by molar-refractivity contribution is -0.132. The Balaban J connectivity index is 1.72. The molecule has 1 N–H and O–H groups in total. The number of ether oxygens (including phenoxy) is 3. The molecule has 1 aromatic rings. The Hall–Kier alpha value is -1.95. The highest BCUT2D eigenvalue weighted by Gasteiger charge is 2.51. The van der Waals surface area contributed by atoms with Crippen molar-refractivity contribution in [2.75, 3.05) is 27.4 Å². The van der Waals surface area contributed by atoms with Gasteiger partial charge in [-0.2, -0.15) is 0 Å². The van der Waals surface area contributed by atoms with Gasteiger partial charge in [0.1, 0.15) is 19.4 Å². The molecule has 0 radical (unpaired) electrons. The van der Waals surface area contributed by atoms with Gasteiger partial charge in [-0.25, -0.2) is 0 Å². The van der Waals surface area contributed by atoms with Crippen LogP contribution >= 0.6 is 0 Å². The third kappa shape index (κ3) is 2.16. The smallest absolute Gasteiger partial charge is 0.244 e. The normalized spacial score (nSPS) is 25.2. The molecule has 23 heavy (non-hydrogen) atoms. The van der Waals surface area contributed by atoms with Crippen LogP contribution in [-0.4, -0.2) is 43.7 Å². The quantitative estimate of drug-likeness (QED) is 0.901. The van der Waals surface area contributed by atoms with E-state index in [1.54, 1.807) is 12.0 Å². The zero-order valence-corrected chi connectivity index (χ0v) is 13.6. The zero-order chi connectivity index (χ0) is 16.0. The molecule has 6 nitrogen and oxygen atoms in total. The lowest BCUT2D eigenvalue weighted by Crippen LogP contribution is -2.43. The van der Waals surface area contributed by atoms with Crippen LogP contribution in [0.5, 0.6) is 17.2 Å². The van der Waals surface area contributed by atoms with Gasteiger partial charge >= 0.3 is 0 Å². The summed E-state index contributed by atoms with van der Waals surface area (Å²) in [6.07, 6.45) is 3.86. The van der Waals surface area contributed by atoms with Crippen molar-refractivity contribution in [1.29, 1.82) is 0 Å². The first-order chi connectivity index (χ1) is 11.1. The van der Waals surface area contributed by atoms with Crippen LogP contribution < -0.4 is 19.5 Å². The third-order valence-corrected chi connectivity index (χ3v) is 5.15. The van der Waals surface area contributed by atoms with E-state index in [1.807, 2.05) is 19.2 Å². The van der Waals surface area contributed by atoms with Gasteiger partial charge in [0.2, 0.25) is 11.7 Å². The predicted molar refractivity (Wildman–Crippen MR) is 83.8 cm³/mol. The van der Waals surface area contributed by atoms with Crippen molar-refractivity contribution in [3.8, 4) is 17.2 Å². The maximum atomic E-state index is 12.7. The molecule has 6 heteroatoms. The Bertz CT molecular complexity index is 622. The van der Waals surface area contributed by atoms with Gasteiger partial charge in [-0.3, -0.25) is 10.1 Å². The topological polar surface area (TPSA) is 60.0 Å². The Labute approximate surface area is 135 Å². The average molecular weight is 318 g/mol. The molecule has 1 saturated carbocycles. The van der Waals surface area contributed by atoms with Crippen LogP contribution in [0.1, 0.15) is 37.4 Å². The fraction of sp³-hybridized carbons (Fsp3) is 0.588. The fourth-order valence-corrected chi connectivity index (χ4v) is 3.97. The number of carbonyl (C=O) groups excluding carboxylic acids is 1. The molecule has 1 aliphatic carbocycles. The van der Waals surface area contributed by atoms with E-state index in [0.29, 0.717) is 30.5 Å².